The van der Waals surface area contributed by atoms with Gasteiger partial charge in [0.15, 0.2) is 5.78 Å². The van der Waals surface area contributed by atoms with Gasteiger partial charge in [-0.3, -0.25) is 9.79 Å². The summed E-state index contributed by atoms with van der Waals surface area (Å²) in [6.45, 7) is 8.43. The van der Waals surface area contributed by atoms with Gasteiger partial charge in [0, 0.05) is 17.5 Å². The number of allylic oxidation sites excluding steroid dienone is 2. The fraction of sp³-hybridized carbons (Fsp3) is 0.565. The number of aliphatic imine (C=N–C) groups is 1. The number of hydrogen-bond donors (Lipinski definition) is 0. The van der Waals surface area contributed by atoms with E-state index < -0.39 is 0 Å². The Kier molecular flexibility index (Phi) is 5.56. The van der Waals surface area contributed by atoms with Crippen LogP contribution in [-0.2, 0) is 24.1 Å². The average Bonchev–Trinajstić information content (AvgIpc) is 3.29. The molecular weight excluding hydrogens is 306 g/mol. The van der Waals surface area contributed by atoms with E-state index in [1.54, 1.807) is 6.92 Å². The van der Waals surface area contributed by atoms with Gasteiger partial charge < -0.3 is 0 Å². The van der Waals surface area contributed by atoms with Gasteiger partial charge in [-0.05, 0) is 67.7 Å². The predicted octanol–water partition coefficient (Wildman–Crippen LogP) is 5.23. The largest absolute Gasteiger partial charge is 0.298 e. The van der Waals surface area contributed by atoms with Crippen molar-refractivity contribution in [2.45, 2.75) is 78.2 Å². The van der Waals surface area contributed by atoms with Crippen molar-refractivity contribution in [3.63, 3.8) is 0 Å². The molecule has 0 fully saturated rings. The molecule has 0 radical (unpaired) electrons. The van der Waals surface area contributed by atoms with Gasteiger partial charge in [0.2, 0.25) is 0 Å². The number of carbonyl (C=O) groups excluding carboxylic acids is 1. The van der Waals surface area contributed by atoms with Crippen molar-refractivity contribution in [1.29, 1.82) is 0 Å². The van der Waals surface area contributed by atoms with Crippen molar-refractivity contribution in [1.82, 2.24) is 0 Å². The summed E-state index contributed by atoms with van der Waals surface area (Å²) in [5.41, 5.74) is 7.01. The van der Waals surface area contributed by atoms with Crippen LogP contribution in [0.3, 0.4) is 0 Å². The minimum absolute atomic E-state index is 0.183. The SMILES string of the molecule is CCc1cc(C2CC(C3CC=CC3)=NC2C(C)=O)cc(CC)c1CC. The number of aryl methyl sites for hydroxylation is 2. The lowest BCUT2D eigenvalue weighted by molar-refractivity contribution is -0.118. The molecule has 1 aromatic rings. The number of rotatable bonds is 6. The summed E-state index contributed by atoms with van der Waals surface area (Å²) >= 11 is 0. The van der Waals surface area contributed by atoms with Crippen molar-refractivity contribution in [2.75, 3.05) is 0 Å². The van der Waals surface area contributed by atoms with Crippen molar-refractivity contribution in [2.24, 2.45) is 10.9 Å². The summed E-state index contributed by atoms with van der Waals surface area (Å²) in [5.74, 6) is 0.967. The third-order valence-electron chi connectivity index (χ3n) is 6.01. The van der Waals surface area contributed by atoms with Crippen molar-refractivity contribution < 1.29 is 4.79 Å². The van der Waals surface area contributed by atoms with Crippen LogP contribution in [0.15, 0.2) is 29.3 Å². The highest BCUT2D eigenvalue weighted by Crippen LogP contribution is 2.38. The zero-order chi connectivity index (χ0) is 18.0. The van der Waals surface area contributed by atoms with Gasteiger partial charge in [0.25, 0.3) is 0 Å². The molecule has 3 rings (SSSR count). The van der Waals surface area contributed by atoms with E-state index in [-0.39, 0.29) is 17.7 Å². The van der Waals surface area contributed by atoms with E-state index in [1.165, 1.54) is 28.0 Å². The van der Waals surface area contributed by atoms with Crippen LogP contribution >= 0.6 is 0 Å². The van der Waals surface area contributed by atoms with Crippen LogP contribution in [0.4, 0.5) is 0 Å². The van der Waals surface area contributed by atoms with E-state index in [2.05, 4.69) is 45.1 Å². The van der Waals surface area contributed by atoms with Crippen LogP contribution in [0.5, 0.6) is 0 Å². The molecule has 0 spiro atoms. The minimum Gasteiger partial charge on any atom is -0.298 e. The van der Waals surface area contributed by atoms with Gasteiger partial charge in [0.05, 0.1) is 0 Å². The molecule has 2 unspecified atom stereocenters. The van der Waals surface area contributed by atoms with Gasteiger partial charge in [-0.25, -0.2) is 0 Å². The Morgan fingerprint density at radius 2 is 1.64 bits per heavy atom. The Balaban J connectivity index is 1.96. The van der Waals surface area contributed by atoms with Crippen molar-refractivity contribution in [3.05, 3.63) is 46.5 Å². The number of benzene rings is 1. The molecule has 0 saturated heterocycles. The Morgan fingerprint density at radius 1 is 1.04 bits per heavy atom. The van der Waals surface area contributed by atoms with Crippen LogP contribution < -0.4 is 0 Å². The van der Waals surface area contributed by atoms with E-state index in [1.807, 2.05) is 0 Å². The molecule has 1 aromatic carbocycles. The molecule has 1 aliphatic heterocycles. The summed E-state index contributed by atoms with van der Waals surface area (Å²) < 4.78 is 0. The lowest BCUT2D eigenvalue weighted by Crippen LogP contribution is -2.21. The predicted molar refractivity (Wildman–Crippen MR) is 106 cm³/mol. The maximum absolute atomic E-state index is 12.3. The highest BCUT2D eigenvalue weighted by Gasteiger charge is 2.36. The molecule has 0 aromatic heterocycles. The third-order valence-corrected chi connectivity index (χ3v) is 6.01. The Hall–Kier alpha value is -1.70. The second-order valence-electron chi connectivity index (χ2n) is 7.50. The van der Waals surface area contributed by atoms with Crippen LogP contribution in [-0.4, -0.2) is 17.5 Å². The maximum atomic E-state index is 12.3. The first kappa shape index (κ1) is 18.1. The zero-order valence-electron chi connectivity index (χ0n) is 16.1. The van der Waals surface area contributed by atoms with Crippen molar-refractivity contribution in [3.8, 4) is 0 Å². The molecule has 0 amide bonds. The zero-order valence-corrected chi connectivity index (χ0v) is 16.1. The van der Waals surface area contributed by atoms with E-state index >= 15 is 0 Å². The number of hydrogen-bond acceptors (Lipinski definition) is 2. The van der Waals surface area contributed by atoms with Gasteiger partial charge in [-0.1, -0.05) is 45.1 Å². The highest BCUT2D eigenvalue weighted by atomic mass is 16.1. The molecule has 0 N–H and O–H groups in total. The number of carbonyl (C=O) groups is 1. The standard InChI is InChI=1S/C23H31NO/c1-5-16-12-19(13-17(6-2)20(16)7-3)21-14-22(18-10-8-9-11-18)24-23(21)15(4)25/h8-9,12-13,18,21,23H,5-7,10-11,14H2,1-4H3. The molecule has 1 heterocycles. The Bertz CT molecular complexity index is 680. The molecule has 134 valence electrons. The number of Topliss-reactive ketones (excluding diaryl/α,β-unsaturated/α-hetero) is 1. The van der Waals surface area contributed by atoms with E-state index in [4.69, 9.17) is 4.99 Å². The van der Waals surface area contributed by atoms with Crippen LogP contribution in [0.2, 0.25) is 0 Å². The normalized spacial score (nSPS) is 23.3. The number of nitrogens with zero attached hydrogens (tertiary/aromatic N) is 1. The van der Waals surface area contributed by atoms with Gasteiger partial charge in [-0.2, -0.15) is 0 Å². The monoisotopic (exact) mass is 337 g/mol. The Morgan fingerprint density at radius 3 is 2.12 bits per heavy atom. The molecule has 25 heavy (non-hydrogen) atoms. The molecule has 0 saturated carbocycles. The van der Waals surface area contributed by atoms with Gasteiger partial charge in [-0.15, -0.1) is 0 Å². The first-order valence-corrected chi connectivity index (χ1v) is 9.95. The summed E-state index contributed by atoms with van der Waals surface area (Å²) in [4.78, 5) is 17.2. The molecule has 2 heteroatoms. The fourth-order valence-electron chi connectivity index (χ4n) is 4.62. The van der Waals surface area contributed by atoms with E-state index in [9.17, 15) is 4.79 Å². The average molecular weight is 338 g/mol. The van der Waals surface area contributed by atoms with E-state index in [0.717, 1.165) is 38.5 Å². The second-order valence-corrected chi connectivity index (χ2v) is 7.50. The Labute approximate surface area is 152 Å². The molecule has 2 nitrogen and oxygen atoms in total. The minimum atomic E-state index is -0.183. The first-order chi connectivity index (χ1) is 12.1. The topological polar surface area (TPSA) is 29.4 Å². The second kappa shape index (κ2) is 7.68. The van der Waals surface area contributed by atoms with Gasteiger partial charge in [0.1, 0.15) is 6.04 Å². The molecule has 2 atom stereocenters. The van der Waals surface area contributed by atoms with Crippen LogP contribution in [0.25, 0.3) is 0 Å². The summed E-state index contributed by atoms with van der Waals surface area (Å²) in [5, 5.41) is 0. The summed E-state index contributed by atoms with van der Waals surface area (Å²) in [7, 11) is 0. The van der Waals surface area contributed by atoms with Crippen molar-refractivity contribution >= 4 is 11.5 Å². The maximum Gasteiger partial charge on any atom is 0.154 e. The quantitative estimate of drug-likeness (QED) is 0.654. The van der Waals surface area contributed by atoms with Crippen LogP contribution in [0.1, 0.15) is 75.1 Å². The molecule has 2 aliphatic rings. The highest BCUT2D eigenvalue weighted by molar-refractivity contribution is 5.96. The third kappa shape index (κ3) is 3.49. The summed E-state index contributed by atoms with van der Waals surface area (Å²) in [6.07, 6.45) is 10.8. The first-order valence-electron chi connectivity index (χ1n) is 9.95. The summed E-state index contributed by atoms with van der Waals surface area (Å²) in [6, 6.07) is 4.55. The number of ketones is 1. The van der Waals surface area contributed by atoms with Crippen LogP contribution in [0, 0.1) is 5.92 Å². The lowest BCUT2D eigenvalue weighted by atomic mass is 9.82. The molecule has 0 bridgehead atoms. The van der Waals surface area contributed by atoms with Gasteiger partial charge >= 0.3 is 0 Å². The smallest absolute Gasteiger partial charge is 0.154 e. The lowest BCUT2D eigenvalue weighted by Gasteiger charge is -2.21. The fourth-order valence-corrected chi connectivity index (χ4v) is 4.62. The molecule has 1 aliphatic carbocycles. The van der Waals surface area contributed by atoms with E-state index in [0.29, 0.717) is 5.92 Å². The molecular formula is C23H31NO.